The van der Waals surface area contributed by atoms with Crippen LogP contribution in [0.5, 0.6) is 0 Å². The fourth-order valence-electron chi connectivity index (χ4n) is 1.20. The molecule has 80 valence electrons. The number of halogens is 1. The van der Waals surface area contributed by atoms with Crippen molar-refractivity contribution in [1.82, 2.24) is 0 Å². The van der Waals surface area contributed by atoms with Crippen LogP contribution in [0.4, 0.5) is 4.39 Å². The molecule has 0 aromatic carbocycles. The number of nitrogens with zero attached hydrogens (tertiary/aromatic N) is 3. The maximum atomic E-state index is 13.1. The van der Waals surface area contributed by atoms with E-state index in [1.807, 2.05) is 0 Å². The van der Waals surface area contributed by atoms with Crippen LogP contribution in [-0.2, 0) is 4.74 Å². The molecule has 1 rings (SSSR count). The van der Waals surface area contributed by atoms with Crippen LogP contribution in [0.15, 0.2) is 5.11 Å². The first-order valence-electron chi connectivity index (χ1n) is 3.92. The average Bonchev–Trinajstić information content (AvgIpc) is 2.19. The van der Waals surface area contributed by atoms with E-state index in [0.717, 1.165) is 0 Å². The Kier molecular flexibility index (Phi) is 3.62. The molecule has 3 N–H and O–H groups in total. The highest BCUT2D eigenvalue weighted by atomic mass is 19.1. The molecule has 0 aromatic heterocycles. The van der Waals surface area contributed by atoms with Crippen molar-refractivity contribution in [2.24, 2.45) is 5.11 Å². The van der Waals surface area contributed by atoms with Crippen molar-refractivity contribution in [3.8, 4) is 0 Å². The van der Waals surface area contributed by atoms with Crippen LogP contribution in [0.2, 0.25) is 0 Å². The number of azide groups is 1. The Bertz CT molecular complexity index is 245. The van der Waals surface area contributed by atoms with Crippen LogP contribution < -0.4 is 0 Å². The summed E-state index contributed by atoms with van der Waals surface area (Å²) >= 11 is 0. The van der Waals surface area contributed by atoms with Gasteiger partial charge < -0.3 is 20.1 Å². The van der Waals surface area contributed by atoms with E-state index in [0.29, 0.717) is 0 Å². The van der Waals surface area contributed by atoms with E-state index in [1.165, 1.54) is 0 Å². The Morgan fingerprint density at radius 3 is 2.57 bits per heavy atom. The molecule has 1 fully saturated rings. The van der Waals surface area contributed by atoms with Gasteiger partial charge in [0.2, 0.25) is 0 Å². The van der Waals surface area contributed by atoms with Crippen LogP contribution in [0.3, 0.4) is 0 Å². The number of ether oxygens (including phenoxy) is 1. The van der Waals surface area contributed by atoms with Crippen molar-refractivity contribution >= 4 is 0 Å². The lowest BCUT2D eigenvalue weighted by Gasteiger charge is -2.36. The maximum Gasteiger partial charge on any atom is 0.170 e. The Balaban J connectivity index is 2.77. The number of rotatable bonds is 2. The van der Waals surface area contributed by atoms with E-state index < -0.39 is 37.3 Å². The van der Waals surface area contributed by atoms with Gasteiger partial charge in [0.05, 0.1) is 6.61 Å². The Morgan fingerprint density at radius 1 is 1.43 bits per heavy atom. The quantitative estimate of drug-likeness (QED) is 0.308. The minimum Gasteiger partial charge on any atom is -0.394 e. The van der Waals surface area contributed by atoms with E-state index in [-0.39, 0.29) is 0 Å². The first-order chi connectivity index (χ1) is 6.61. The first-order valence-corrected chi connectivity index (χ1v) is 3.92. The summed E-state index contributed by atoms with van der Waals surface area (Å²) in [6, 6.07) is 0. The Hall–Kier alpha value is -0.920. The molecule has 0 saturated carbocycles. The van der Waals surface area contributed by atoms with E-state index in [1.54, 1.807) is 0 Å². The van der Waals surface area contributed by atoms with E-state index in [9.17, 15) is 9.50 Å². The highest BCUT2D eigenvalue weighted by molar-refractivity contribution is 4.91. The molecular weight excluding hydrogens is 197 g/mol. The molecule has 0 bridgehead atoms. The fraction of sp³-hybridized carbons (Fsp3) is 1.00. The number of hydrogen-bond donors (Lipinski definition) is 3. The highest BCUT2D eigenvalue weighted by Gasteiger charge is 2.44. The summed E-state index contributed by atoms with van der Waals surface area (Å²) in [4.78, 5) is 2.32. The van der Waals surface area contributed by atoms with Gasteiger partial charge in [0, 0.05) is 4.91 Å². The van der Waals surface area contributed by atoms with Crippen LogP contribution in [0.25, 0.3) is 10.4 Å². The van der Waals surface area contributed by atoms with Gasteiger partial charge in [0.15, 0.2) is 12.4 Å². The second-order valence-corrected chi connectivity index (χ2v) is 2.88. The minimum absolute atomic E-state index is 0.595. The third-order valence-electron chi connectivity index (χ3n) is 1.99. The molecular formula is C6H10FN3O4. The minimum atomic E-state index is -2.00. The molecule has 1 aliphatic heterocycles. The van der Waals surface area contributed by atoms with E-state index in [2.05, 4.69) is 10.0 Å². The largest absolute Gasteiger partial charge is 0.394 e. The van der Waals surface area contributed by atoms with Crippen molar-refractivity contribution in [3.63, 3.8) is 0 Å². The van der Waals surface area contributed by atoms with Gasteiger partial charge in [-0.3, -0.25) is 0 Å². The highest BCUT2D eigenvalue weighted by Crippen LogP contribution is 2.24. The van der Waals surface area contributed by atoms with Crippen LogP contribution in [0, 0.1) is 0 Å². The third-order valence-corrected chi connectivity index (χ3v) is 1.99. The Morgan fingerprint density at radius 2 is 2.07 bits per heavy atom. The average molecular weight is 207 g/mol. The molecule has 1 aliphatic rings. The van der Waals surface area contributed by atoms with E-state index in [4.69, 9.17) is 20.5 Å². The SMILES string of the molecule is [N-]=[N+]=N[C@@H]1OC(CO)[C@@H](O)[C@@H](O)C1F. The predicted molar refractivity (Wildman–Crippen MR) is 41.8 cm³/mol. The van der Waals surface area contributed by atoms with Gasteiger partial charge in [0.1, 0.15) is 18.3 Å². The number of aliphatic hydroxyl groups is 3. The van der Waals surface area contributed by atoms with Gasteiger partial charge in [-0.15, -0.1) is 0 Å². The summed E-state index contributed by atoms with van der Waals surface area (Å²) in [5, 5.41) is 30.0. The zero-order valence-electron chi connectivity index (χ0n) is 7.06. The first kappa shape index (κ1) is 11.2. The molecule has 14 heavy (non-hydrogen) atoms. The normalized spacial score (nSPS) is 43.0. The molecule has 8 heteroatoms. The van der Waals surface area contributed by atoms with Gasteiger partial charge in [0.25, 0.3) is 0 Å². The molecule has 1 saturated heterocycles. The number of aliphatic hydroxyl groups excluding tert-OH is 3. The van der Waals surface area contributed by atoms with Gasteiger partial charge in [-0.25, -0.2) is 4.39 Å². The van der Waals surface area contributed by atoms with Crippen molar-refractivity contribution in [3.05, 3.63) is 10.4 Å². The monoisotopic (exact) mass is 207 g/mol. The van der Waals surface area contributed by atoms with Crippen molar-refractivity contribution in [1.29, 1.82) is 0 Å². The number of alkyl halides is 1. The summed E-state index contributed by atoms with van der Waals surface area (Å²) in [6.45, 7) is -0.595. The second-order valence-electron chi connectivity index (χ2n) is 2.88. The lowest BCUT2D eigenvalue weighted by Crippen LogP contribution is -2.56. The molecule has 5 atom stereocenters. The summed E-state index contributed by atoms with van der Waals surface area (Å²) in [7, 11) is 0. The van der Waals surface area contributed by atoms with E-state index >= 15 is 0 Å². The van der Waals surface area contributed by atoms with Gasteiger partial charge in [-0.05, 0) is 5.53 Å². The van der Waals surface area contributed by atoms with Crippen LogP contribution in [-0.4, -0.2) is 52.6 Å². The standard InChI is InChI=1S/C6H10FN3O4/c7-3-5(13)4(12)2(1-11)14-6(3)9-10-8/h2-6,11-13H,1H2/t2?,3?,4-,5+,6-/m1/s1. The lowest BCUT2D eigenvalue weighted by molar-refractivity contribution is -0.210. The summed E-state index contributed by atoms with van der Waals surface area (Å²) in [5.74, 6) is 0. The molecule has 0 spiro atoms. The topological polar surface area (TPSA) is 119 Å². The molecule has 0 radical (unpaired) electrons. The Labute approximate surface area is 78.4 Å². The summed E-state index contributed by atoms with van der Waals surface area (Å²) < 4.78 is 17.8. The molecule has 2 unspecified atom stereocenters. The summed E-state index contributed by atoms with van der Waals surface area (Å²) in [6.07, 6.45) is -7.91. The van der Waals surface area contributed by atoms with Gasteiger partial charge >= 0.3 is 0 Å². The fourth-order valence-corrected chi connectivity index (χ4v) is 1.20. The van der Waals surface area contributed by atoms with Crippen molar-refractivity contribution < 1.29 is 24.4 Å². The molecule has 0 amide bonds. The predicted octanol–water partition coefficient (Wildman–Crippen LogP) is -0.926. The molecule has 0 aromatic rings. The van der Waals surface area contributed by atoms with Crippen LogP contribution in [0.1, 0.15) is 0 Å². The third kappa shape index (κ3) is 1.94. The van der Waals surface area contributed by atoms with Crippen molar-refractivity contribution in [2.75, 3.05) is 6.61 Å². The molecule has 7 nitrogen and oxygen atoms in total. The smallest absolute Gasteiger partial charge is 0.170 e. The maximum absolute atomic E-state index is 13.1. The van der Waals surface area contributed by atoms with Gasteiger partial charge in [-0.2, -0.15) is 0 Å². The van der Waals surface area contributed by atoms with Gasteiger partial charge in [-0.1, -0.05) is 5.11 Å². The zero-order valence-corrected chi connectivity index (χ0v) is 7.06. The molecule has 0 aliphatic carbocycles. The zero-order chi connectivity index (χ0) is 10.7. The molecule has 1 heterocycles. The lowest BCUT2D eigenvalue weighted by atomic mass is 10.00. The summed E-state index contributed by atoms with van der Waals surface area (Å²) in [5.41, 5.74) is 8.05. The van der Waals surface area contributed by atoms with Crippen molar-refractivity contribution in [2.45, 2.75) is 30.7 Å². The second kappa shape index (κ2) is 4.54. The van der Waals surface area contributed by atoms with Crippen LogP contribution >= 0.6 is 0 Å². The number of hydrogen-bond acceptors (Lipinski definition) is 5.